The van der Waals surface area contributed by atoms with Crippen LogP contribution in [0.3, 0.4) is 0 Å². The molecule has 23 heavy (non-hydrogen) atoms. The summed E-state index contributed by atoms with van der Waals surface area (Å²) in [6, 6.07) is 0. The Labute approximate surface area is 168 Å². The average molecular weight is 390 g/mol. The molecule has 0 N–H and O–H groups in total. The molecule has 0 aromatic rings. The molecule has 1 heteroatoms. The first-order chi connectivity index (χ1) is 10.7. The summed E-state index contributed by atoms with van der Waals surface area (Å²) >= 11 is 0. The molecule has 0 nitrogen and oxygen atoms in total. The van der Waals surface area contributed by atoms with Crippen molar-refractivity contribution >= 4 is 0 Å². The van der Waals surface area contributed by atoms with Gasteiger partial charge in [-0.05, 0) is 64.2 Å². The molecule has 2 aliphatic carbocycles. The number of hydrogen-bond acceptors (Lipinski definition) is 0. The van der Waals surface area contributed by atoms with Gasteiger partial charge in [0.25, 0.3) is 0 Å². The summed E-state index contributed by atoms with van der Waals surface area (Å²) in [6.45, 7) is 12.8. The van der Waals surface area contributed by atoms with Crippen LogP contribution in [0.25, 0.3) is 0 Å². The Morgan fingerprint density at radius 3 is 0.957 bits per heavy atom. The van der Waals surface area contributed by atoms with Crippen molar-refractivity contribution in [3.63, 3.8) is 0 Å². The van der Waals surface area contributed by atoms with Crippen LogP contribution in [0, 0.1) is 89.9 Å². The van der Waals surface area contributed by atoms with Crippen molar-refractivity contribution in [2.24, 2.45) is 11.8 Å². The average Bonchev–Trinajstić information content (AvgIpc) is 3.27. The SMILES string of the molecule is [CH2-][C@@H](CCCC)[C@@H]([CH2-])CCCC.[CH]1[CH][CH][CH][CH]1.[CH]1[CH][CH][CH][CH]1.[Zr+2]. The minimum absolute atomic E-state index is 0. The van der Waals surface area contributed by atoms with Gasteiger partial charge in [0.1, 0.15) is 0 Å². The molecule has 10 radical (unpaired) electrons. The fourth-order valence-corrected chi connectivity index (χ4v) is 2.05. The molecule has 2 fully saturated rings. The summed E-state index contributed by atoms with van der Waals surface area (Å²) in [6.07, 6.45) is 27.7. The summed E-state index contributed by atoms with van der Waals surface area (Å²) in [5.74, 6) is 1.16. The molecule has 0 amide bonds. The Hall–Kier alpha value is 0.883. The van der Waals surface area contributed by atoms with Crippen LogP contribution in [0.2, 0.25) is 0 Å². The van der Waals surface area contributed by atoms with Crippen LogP contribution < -0.4 is 0 Å². The third-order valence-corrected chi connectivity index (χ3v) is 3.63. The predicted molar refractivity (Wildman–Crippen MR) is 99.7 cm³/mol. The third-order valence-electron chi connectivity index (χ3n) is 3.63. The van der Waals surface area contributed by atoms with Crippen molar-refractivity contribution in [1.82, 2.24) is 0 Å². The number of hydrogen-bond donors (Lipinski definition) is 0. The van der Waals surface area contributed by atoms with Crippen molar-refractivity contribution in [1.29, 1.82) is 0 Å². The molecule has 2 atom stereocenters. The summed E-state index contributed by atoms with van der Waals surface area (Å²) in [7, 11) is 0. The molecule has 0 unspecified atom stereocenters. The minimum Gasteiger partial charge on any atom is -0.342 e. The van der Waals surface area contributed by atoms with E-state index in [1.165, 1.54) is 38.5 Å². The van der Waals surface area contributed by atoms with Crippen LogP contribution in [0.4, 0.5) is 0 Å². The van der Waals surface area contributed by atoms with Gasteiger partial charge in [-0.15, -0.1) is 0 Å². The molecule has 0 heterocycles. The quantitative estimate of drug-likeness (QED) is 0.448. The fourth-order valence-electron chi connectivity index (χ4n) is 2.05. The molecule has 2 rings (SSSR count). The Balaban J connectivity index is 0. The van der Waals surface area contributed by atoms with E-state index in [9.17, 15) is 0 Å². The maximum atomic E-state index is 4.17. The summed E-state index contributed by atoms with van der Waals surface area (Å²) in [5.41, 5.74) is 0. The first-order valence-electron chi connectivity index (χ1n) is 8.71. The van der Waals surface area contributed by atoms with Gasteiger partial charge < -0.3 is 13.8 Å². The van der Waals surface area contributed by atoms with Crippen LogP contribution in [0.5, 0.6) is 0 Å². The van der Waals surface area contributed by atoms with Crippen molar-refractivity contribution in [2.75, 3.05) is 0 Å². The predicted octanol–water partition coefficient (Wildman–Crippen LogP) is 6.31. The number of unbranched alkanes of at least 4 members (excludes halogenated alkanes) is 2. The second-order valence-electron chi connectivity index (χ2n) is 5.73. The molecule has 126 valence electrons. The largest absolute Gasteiger partial charge is 2.00 e. The van der Waals surface area contributed by atoms with Crippen LogP contribution >= 0.6 is 0 Å². The smallest absolute Gasteiger partial charge is 0.342 e. The first-order valence-corrected chi connectivity index (χ1v) is 8.71. The van der Waals surface area contributed by atoms with Crippen molar-refractivity contribution in [3.8, 4) is 0 Å². The van der Waals surface area contributed by atoms with Gasteiger partial charge in [-0.1, -0.05) is 52.4 Å². The second-order valence-corrected chi connectivity index (χ2v) is 5.73. The van der Waals surface area contributed by atoms with Gasteiger partial charge in [0.15, 0.2) is 0 Å². The summed E-state index contributed by atoms with van der Waals surface area (Å²) < 4.78 is 0. The van der Waals surface area contributed by atoms with Gasteiger partial charge >= 0.3 is 26.2 Å². The third kappa shape index (κ3) is 19.1. The van der Waals surface area contributed by atoms with Crippen molar-refractivity contribution < 1.29 is 26.2 Å². The molecular weight excluding hydrogens is 355 g/mol. The Morgan fingerprint density at radius 2 is 0.783 bits per heavy atom. The summed E-state index contributed by atoms with van der Waals surface area (Å²) in [4.78, 5) is 0. The maximum absolute atomic E-state index is 4.17. The zero-order valence-electron chi connectivity index (χ0n) is 15.1. The molecular formula is C22H34Zr. The molecule has 0 aromatic carbocycles. The van der Waals surface area contributed by atoms with Gasteiger partial charge in [0.05, 0.1) is 0 Å². The zero-order valence-corrected chi connectivity index (χ0v) is 17.5. The maximum Gasteiger partial charge on any atom is 2.00 e. The van der Waals surface area contributed by atoms with Crippen LogP contribution in [0.1, 0.15) is 52.4 Å². The van der Waals surface area contributed by atoms with E-state index >= 15 is 0 Å². The Kier molecular flexibility index (Phi) is 23.8. The standard InChI is InChI=1S/C12H24.2C5H5.Zr/c1-5-7-9-11(3)12(4)10-8-6-2;2*1-2-4-5-3-1;/h11-12H,3-10H2,1-2H3;2*1-5H;/q-2;;;+2/t11-,12-;;;/m0.../s1. The van der Waals surface area contributed by atoms with E-state index in [4.69, 9.17) is 0 Å². The van der Waals surface area contributed by atoms with Gasteiger partial charge in [-0.3, -0.25) is 0 Å². The Morgan fingerprint density at radius 1 is 0.565 bits per heavy atom. The molecule has 0 aliphatic heterocycles. The summed E-state index contributed by atoms with van der Waals surface area (Å²) in [5, 5.41) is 0. The minimum atomic E-state index is 0. The number of rotatable bonds is 7. The van der Waals surface area contributed by atoms with E-state index in [1.54, 1.807) is 0 Å². The molecule has 0 spiro atoms. The van der Waals surface area contributed by atoms with Gasteiger partial charge in [-0.2, -0.15) is 11.8 Å². The van der Waals surface area contributed by atoms with Crippen molar-refractivity contribution in [2.45, 2.75) is 52.4 Å². The van der Waals surface area contributed by atoms with Gasteiger partial charge in [0, 0.05) is 0 Å². The van der Waals surface area contributed by atoms with E-state index in [2.05, 4.69) is 27.7 Å². The van der Waals surface area contributed by atoms with Gasteiger partial charge in [0.2, 0.25) is 0 Å². The van der Waals surface area contributed by atoms with E-state index < -0.39 is 0 Å². The van der Waals surface area contributed by atoms with Crippen LogP contribution in [0.15, 0.2) is 0 Å². The topological polar surface area (TPSA) is 0 Å². The fraction of sp³-hybridized carbons (Fsp3) is 0.455. The normalized spacial score (nSPS) is 18.8. The van der Waals surface area contributed by atoms with Crippen LogP contribution in [-0.4, -0.2) is 0 Å². The van der Waals surface area contributed by atoms with E-state index in [0.29, 0.717) is 11.8 Å². The molecule has 0 bridgehead atoms. The first kappa shape index (κ1) is 26.1. The molecule has 2 aliphatic rings. The molecule has 0 saturated heterocycles. The second kappa shape index (κ2) is 20.9. The van der Waals surface area contributed by atoms with Gasteiger partial charge in [-0.25, -0.2) is 0 Å². The van der Waals surface area contributed by atoms with Crippen molar-refractivity contribution in [3.05, 3.63) is 78.1 Å². The zero-order chi connectivity index (χ0) is 16.5. The monoisotopic (exact) mass is 388 g/mol. The molecule has 0 aromatic heterocycles. The Bertz CT molecular complexity index is 157. The van der Waals surface area contributed by atoms with E-state index in [-0.39, 0.29) is 26.2 Å². The molecule has 2 saturated carbocycles. The van der Waals surface area contributed by atoms with E-state index in [1.807, 2.05) is 64.2 Å². The van der Waals surface area contributed by atoms with Crippen LogP contribution in [-0.2, 0) is 26.2 Å². The van der Waals surface area contributed by atoms with E-state index in [0.717, 1.165) is 0 Å².